The standard InChI is InChI=1S/C13H14ClFN2S/c1-8(13-9(2)17-7-18-13)16-6-10-3-4-12(15)11(14)5-10/h3-5,7-8,16H,6H2,1-2H3. The number of benzene rings is 1. The molecule has 0 saturated heterocycles. The average Bonchev–Trinajstić information content (AvgIpc) is 2.77. The Morgan fingerprint density at radius 2 is 2.28 bits per heavy atom. The summed E-state index contributed by atoms with van der Waals surface area (Å²) in [6.45, 7) is 4.74. The first-order valence-corrected chi connectivity index (χ1v) is 6.91. The number of halogens is 2. The van der Waals surface area contributed by atoms with Crippen molar-refractivity contribution in [1.82, 2.24) is 10.3 Å². The fourth-order valence-corrected chi connectivity index (χ4v) is 2.78. The third-order valence-corrected chi connectivity index (χ3v) is 4.18. The maximum Gasteiger partial charge on any atom is 0.141 e. The highest BCUT2D eigenvalue weighted by Crippen LogP contribution is 2.22. The van der Waals surface area contributed by atoms with E-state index in [4.69, 9.17) is 11.6 Å². The van der Waals surface area contributed by atoms with E-state index in [0.29, 0.717) is 6.54 Å². The van der Waals surface area contributed by atoms with Gasteiger partial charge in [0.1, 0.15) is 5.82 Å². The van der Waals surface area contributed by atoms with Crippen molar-refractivity contribution in [2.75, 3.05) is 0 Å². The smallest absolute Gasteiger partial charge is 0.141 e. The summed E-state index contributed by atoms with van der Waals surface area (Å²) in [6, 6.07) is 5.00. The molecule has 18 heavy (non-hydrogen) atoms. The molecule has 0 spiro atoms. The summed E-state index contributed by atoms with van der Waals surface area (Å²) in [5.41, 5.74) is 3.87. The van der Waals surface area contributed by atoms with Crippen LogP contribution in [-0.4, -0.2) is 4.98 Å². The van der Waals surface area contributed by atoms with E-state index in [-0.39, 0.29) is 16.9 Å². The minimum absolute atomic E-state index is 0.163. The summed E-state index contributed by atoms with van der Waals surface area (Å²) in [6.07, 6.45) is 0. The second kappa shape index (κ2) is 5.78. The molecule has 0 amide bonds. The lowest BCUT2D eigenvalue weighted by atomic mass is 10.2. The highest BCUT2D eigenvalue weighted by molar-refractivity contribution is 7.09. The lowest BCUT2D eigenvalue weighted by Gasteiger charge is -2.13. The van der Waals surface area contributed by atoms with Gasteiger partial charge in [-0.2, -0.15) is 0 Å². The molecule has 0 aliphatic rings. The van der Waals surface area contributed by atoms with Gasteiger partial charge in [0.2, 0.25) is 0 Å². The lowest BCUT2D eigenvalue weighted by Crippen LogP contribution is -2.17. The van der Waals surface area contributed by atoms with E-state index < -0.39 is 0 Å². The molecule has 1 aromatic heterocycles. The van der Waals surface area contributed by atoms with Gasteiger partial charge in [-0.1, -0.05) is 17.7 Å². The van der Waals surface area contributed by atoms with Crippen LogP contribution in [0.25, 0.3) is 0 Å². The fraction of sp³-hybridized carbons (Fsp3) is 0.308. The number of hydrogen-bond acceptors (Lipinski definition) is 3. The number of aryl methyl sites for hydroxylation is 1. The minimum atomic E-state index is -0.383. The van der Waals surface area contributed by atoms with E-state index in [9.17, 15) is 4.39 Å². The van der Waals surface area contributed by atoms with Crippen molar-refractivity contribution in [3.8, 4) is 0 Å². The van der Waals surface area contributed by atoms with Gasteiger partial charge in [0.25, 0.3) is 0 Å². The third kappa shape index (κ3) is 3.07. The molecule has 1 N–H and O–H groups in total. The van der Waals surface area contributed by atoms with Crippen molar-refractivity contribution < 1.29 is 4.39 Å². The monoisotopic (exact) mass is 284 g/mol. The molecule has 0 radical (unpaired) electrons. The third-order valence-electron chi connectivity index (χ3n) is 2.77. The number of aromatic nitrogens is 1. The fourth-order valence-electron chi connectivity index (χ4n) is 1.74. The first-order chi connectivity index (χ1) is 8.58. The maximum absolute atomic E-state index is 13.0. The molecule has 0 saturated carbocycles. The summed E-state index contributed by atoms with van der Waals surface area (Å²) in [5, 5.41) is 3.54. The van der Waals surface area contributed by atoms with Gasteiger partial charge in [0.15, 0.2) is 0 Å². The Morgan fingerprint density at radius 3 is 2.89 bits per heavy atom. The van der Waals surface area contributed by atoms with E-state index in [2.05, 4.69) is 17.2 Å². The normalized spacial score (nSPS) is 12.7. The summed E-state index contributed by atoms with van der Waals surface area (Å²) in [5.74, 6) is -0.383. The molecule has 1 aromatic carbocycles. The first-order valence-electron chi connectivity index (χ1n) is 5.65. The molecule has 0 fully saturated rings. The van der Waals surface area contributed by atoms with Crippen LogP contribution >= 0.6 is 22.9 Å². The molecule has 0 bridgehead atoms. The molecule has 0 aliphatic carbocycles. The molecule has 1 unspecified atom stereocenters. The predicted molar refractivity (Wildman–Crippen MR) is 73.5 cm³/mol. The Hall–Kier alpha value is -0.970. The van der Waals surface area contributed by atoms with Crippen LogP contribution in [0.1, 0.15) is 29.1 Å². The molecule has 2 aromatic rings. The van der Waals surface area contributed by atoms with Gasteiger partial charge in [-0.05, 0) is 31.5 Å². The highest BCUT2D eigenvalue weighted by atomic mass is 35.5. The predicted octanol–water partition coefficient (Wildman–Crippen LogP) is 4.09. The van der Waals surface area contributed by atoms with E-state index in [0.717, 1.165) is 11.3 Å². The van der Waals surface area contributed by atoms with E-state index >= 15 is 0 Å². The zero-order valence-corrected chi connectivity index (χ0v) is 11.8. The van der Waals surface area contributed by atoms with Crippen LogP contribution in [0, 0.1) is 12.7 Å². The SMILES string of the molecule is Cc1ncsc1C(C)NCc1ccc(F)c(Cl)c1. The number of nitrogens with zero attached hydrogens (tertiary/aromatic N) is 1. The number of hydrogen-bond donors (Lipinski definition) is 1. The largest absolute Gasteiger partial charge is 0.305 e. The van der Waals surface area contributed by atoms with Crippen molar-refractivity contribution in [3.63, 3.8) is 0 Å². The van der Waals surface area contributed by atoms with Crippen LogP contribution in [0.4, 0.5) is 4.39 Å². The topological polar surface area (TPSA) is 24.9 Å². The molecule has 1 atom stereocenters. The molecular weight excluding hydrogens is 271 g/mol. The zero-order valence-electron chi connectivity index (χ0n) is 10.2. The quantitative estimate of drug-likeness (QED) is 0.914. The molecule has 2 rings (SSSR count). The van der Waals surface area contributed by atoms with Gasteiger partial charge >= 0.3 is 0 Å². The Morgan fingerprint density at radius 1 is 1.50 bits per heavy atom. The van der Waals surface area contributed by atoms with Gasteiger partial charge in [-0.25, -0.2) is 9.37 Å². The first kappa shape index (κ1) is 13.5. The minimum Gasteiger partial charge on any atom is -0.305 e. The lowest BCUT2D eigenvalue weighted by molar-refractivity contribution is 0.577. The number of nitrogens with one attached hydrogen (secondary N) is 1. The summed E-state index contributed by atoms with van der Waals surface area (Å²) in [4.78, 5) is 5.45. The Kier molecular flexibility index (Phi) is 4.32. The van der Waals surface area contributed by atoms with Crippen LogP contribution in [-0.2, 0) is 6.54 Å². The van der Waals surface area contributed by atoms with Gasteiger partial charge in [0.05, 0.1) is 16.2 Å². The summed E-state index contributed by atoms with van der Waals surface area (Å²) >= 11 is 7.38. The molecule has 5 heteroatoms. The molecule has 0 aliphatic heterocycles. The molecule has 96 valence electrons. The summed E-state index contributed by atoms with van der Waals surface area (Å²) < 4.78 is 13.0. The Balaban J connectivity index is 1.99. The van der Waals surface area contributed by atoms with Gasteiger partial charge in [-0.3, -0.25) is 0 Å². The van der Waals surface area contributed by atoms with Crippen molar-refractivity contribution in [2.45, 2.75) is 26.4 Å². The van der Waals surface area contributed by atoms with Crippen molar-refractivity contribution in [1.29, 1.82) is 0 Å². The van der Waals surface area contributed by atoms with E-state index in [1.807, 2.05) is 12.4 Å². The van der Waals surface area contributed by atoms with Gasteiger partial charge in [0, 0.05) is 17.5 Å². The zero-order chi connectivity index (χ0) is 13.1. The van der Waals surface area contributed by atoms with Crippen LogP contribution in [0.5, 0.6) is 0 Å². The van der Waals surface area contributed by atoms with Crippen LogP contribution in [0.3, 0.4) is 0 Å². The van der Waals surface area contributed by atoms with Crippen molar-refractivity contribution >= 4 is 22.9 Å². The number of thiazole rings is 1. The van der Waals surface area contributed by atoms with Crippen molar-refractivity contribution in [2.24, 2.45) is 0 Å². The second-order valence-corrected chi connectivity index (χ2v) is 5.45. The Labute approximate surface area is 115 Å². The van der Waals surface area contributed by atoms with Crippen LogP contribution < -0.4 is 5.32 Å². The highest BCUT2D eigenvalue weighted by Gasteiger charge is 2.10. The van der Waals surface area contributed by atoms with Crippen molar-refractivity contribution in [3.05, 3.63) is 50.7 Å². The summed E-state index contributed by atoms with van der Waals surface area (Å²) in [7, 11) is 0. The maximum atomic E-state index is 13.0. The van der Waals surface area contributed by atoms with Gasteiger partial charge < -0.3 is 5.32 Å². The van der Waals surface area contributed by atoms with E-state index in [1.54, 1.807) is 23.5 Å². The van der Waals surface area contributed by atoms with Crippen LogP contribution in [0.2, 0.25) is 5.02 Å². The Bertz CT molecular complexity index is 542. The van der Waals surface area contributed by atoms with Gasteiger partial charge in [-0.15, -0.1) is 11.3 Å². The molecule has 1 heterocycles. The average molecular weight is 285 g/mol. The van der Waals surface area contributed by atoms with Crippen LogP contribution in [0.15, 0.2) is 23.7 Å². The molecule has 2 nitrogen and oxygen atoms in total. The number of rotatable bonds is 4. The second-order valence-electron chi connectivity index (χ2n) is 4.15. The van der Waals surface area contributed by atoms with E-state index in [1.165, 1.54) is 10.9 Å². The molecular formula is C13H14ClFN2S.